The third-order valence-corrected chi connectivity index (χ3v) is 13.1. The second-order valence-corrected chi connectivity index (χ2v) is 17.1. The van der Waals surface area contributed by atoms with Crippen LogP contribution in [0.3, 0.4) is 0 Å². The summed E-state index contributed by atoms with van der Waals surface area (Å²) < 4.78 is 1.88. The Hall–Kier alpha value is -6.68. The number of nitrogens with zero attached hydrogens (tertiary/aromatic N) is 2. The summed E-state index contributed by atoms with van der Waals surface area (Å²) in [5.41, 5.74) is 10.9. The van der Waals surface area contributed by atoms with Gasteiger partial charge in [-0.2, -0.15) is 0 Å². The monoisotopic (exact) mass is 806 g/mol. The van der Waals surface area contributed by atoms with Gasteiger partial charge in [0, 0.05) is 33.0 Å². The lowest BCUT2D eigenvalue weighted by Crippen LogP contribution is -2.54. The van der Waals surface area contributed by atoms with Crippen LogP contribution < -0.4 is 21.9 Å². The molecule has 1 heterocycles. The Balaban J connectivity index is 1.32. The summed E-state index contributed by atoms with van der Waals surface area (Å²) in [6, 6.07) is 41.4. The molecule has 0 aliphatic rings. The fraction of sp³-hybridized carbons (Fsp3) is 0.0426. The highest BCUT2D eigenvalue weighted by Gasteiger charge is 2.43. The number of aliphatic hydroxyl groups is 2. The molecule has 0 saturated heterocycles. The molecule has 0 bridgehead atoms. The van der Waals surface area contributed by atoms with Crippen molar-refractivity contribution in [2.75, 3.05) is 0 Å². The largest absolute Gasteiger partial charge is 0.504 e. The van der Waals surface area contributed by atoms with Crippen molar-refractivity contribution in [2.24, 2.45) is 0 Å². The van der Waals surface area contributed by atoms with Crippen LogP contribution in [0.5, 0.6) is 23.0 Å². The molecule has 15 heteroatoms. The molecule has 1 aromatic heterocycles. The molecule has 62 heavy (non-hydrogen) atoms. The standard InChI is InChI=1S/C47H41B7N2O6/c48-37-33-31(24-18-16-23(17-19-24)22-8-2-1-3-9-22)35-36(42(58)44(60)43(59)41(35)57)32(34(33)38(49)40(51)39(37)50)27-12-6-10-25(20-27)26-11-7-13-28(21-26)56-30-15-5-4-14-29(30)55-45(56)46(52,61)47(53,54)62/h1-21,57-62H,48-54H2. The van der Waals surface area contributed by atoms with E-state index in [1.165, 1.54) is 0 Å². The maximum Gasteiger partial charge on any atom is 0.204 e. The molecule has 296 valence electrons. The molecule has 1 atom stereocenters. The molecule has 8 nitrogen and oxygen atoms in total. The average Bonchev–Trinajstić information content (AvgIpc) is 3.68. The lowest BCUT2D eigenvalue weighted by Gasteiger charge is -2.36. The van der Waals surface area contributed by atoms with Crippen molar-refractivity contribution in [2.45, 2.75) is 10.9 Å². The molecular formula is C47H41B7N2O6. The number of phenols is 4. The number of hydrogen-bond donors (Lipinski definition) is 6. The number of fused-ring (bicyclic) bond motifs is 3. The van der Waals surface area contributed by atoms with Gasteiger partial charge in [0.05, 0.1) is 11.0 Å². The highest BCUT2D eigenvalue weighted by molar-refractivity contribution is 6.68. The van der Waals surface area contributed by atoms with Gasteiger partial charge in [-0.1, -0.05) is 108 Å². The van der Waals surface area contributed by atoms with Crippen LogP contribution >= 0.6 is 0 Å². The molecular weight excluding hydrogens is 764 g/mol. The number of rotatable bonds is 7. The number of benzene rings is 8. The topological polar surface area (TPSA) is 139 Å². The second-order valence-electron chi connectivity index (χ2n) is 17.1. The Morgan fingerprint density at radius 1 is 0.435 bits per heavy atom. The van der Waals surface area contributed by atoms with E-state index in [2.05, 4.69) is 31.4 Å². The van der Waals surface area contributed by atoms with Crippen LogP contribution in [0, 0.1) is 0 Å². The Kier molecular flexibility index (Phi) is 9.69. The van der Waals surface area contributed by atoms with Crippen molar-refractivity contribution in [1.29, 1.82) is 0 Å². The lowest BCUT2D eigenvalue weighted by atomic mass is 9.49. The number of phenolic OH excluding ortho intramolecular Hbond substituents is 4. The summed E-state index contributed by atoms with van der Waals surface area (Å²) in [7, 11) is 13.0. The molecule has 0 amide bonds. The summed E-state index contributed by atoms with van der Waals surface area (Å²) >= 11 is 0. The molecule has 0 spiro atoms. The Morgan fingerprint density at radius 2 is 0.903 bits per heavy atom. The summed E-state index contributed by atoms with van der Waals surface area (Å²) in [4.78, 5) is 4.82. The molecule has 9 aromatic rings. The molecule has 1 unspecified atom stereocenters. The first-order valence-electron chi connectivity index (χ1n) is 20.7. The van der Waals surface area contributed by atoms with E-state index in [-0.39, 0.29) is 10.8 Å². The fourth-order valence-corrected chi connectivity index (χ4v) is 8.98. The SMILES string of the molecule is Bc1c(B)c(B)c2c(-c3cccc(-c4cccc(-n5c(C(B)(O)C(B)(B)O)nc6ccccc65)c4)c3)c3c(O)c(O)c(O)c(O)c3c(-c3ccc(-c4ccccc4)cc3)c2c1B. The van der Waals surface area contributed by atoms with Crippen LogP contribution in [-0.4, -0.2) is 101 Å². The van der Waals surface area contributed by atoms with E-state index >= 15 is 0 Å². The quantitative estimate of drug-likeness (QED) is 0.0556. The highest BCUT2D eigenvalue weighted by atomic mass is 16.3. The predicted octanol–water partition coefficient (Wildman–Crippen LogP) is -0.454. The van der Waals surface area contributed by atoms with Crippen LogP contribution in [0.15, 0.2) is 127 Å². The predicted molar refractivity (Wildman–Crippen MR) is 272 cm³/mol. The molecule has 0 aliphatic heterocycles. The number of imidazole rings is 1. The minimum atomic E-state index is -1.72. The third kappa shape index (κ3) is 6.21. The molecule has 0 saturated carbocycles. The van der Waals surface area contributed by atoms with Crippen LogP contribution in [0.25, 0.3) is 82.8 Å². The molecule has 0 radical (unpaired) electrons. The summed E-state index contributed by atoms with van der Waals surface area (Å²) in [5.74, 6) is -2.41. The first kappa shape index (κ1) is 40.7. The van der Waals surface area contributed by atoms with Gasteiger partial charge in [0.1, 0.15) is 58.4 Å². The Bertz CT molecular complexity index is 3220. The molecule has 8 aromatic carbocycles. The van der Waals surface area contributed by atoms with Crippen LogP contribution in [-0.2, 0) is 5.50 Å². The van der Waals surface area contributed by atoms with Gasteiger partial charge in [-0.25, -0.2) is 4.98 Å². The van der Waals surface area contributed by atoms with Crippen molar-refractivity contribution < 1.29 is 30.6 Å². The number of hydrogen-bond acceptors (Lipinski definition) is 7. The highest BCUT2D eigenvalue weighted by Crippen LogP contribution is 2.56. The van der Waals surface area contributed by atoms with E-state index in [1.807, 2.05) is 132 Å². The Labute approximate surface area is 365 Å². The van der Waals surface area contributed by atoms with Crippen molar-refractivity contribution in [3.05, 3.63) is 133 Å². The van der Waals surface area contributed by atoms with E-state index in [9.17, 15) is 30.6 Å². The maximum absolute atomic E-state index is 12.0. The minimum Gasteiger partial charge on any atom is -0.504 e. The van der Waals surface area contributed by atoms with E-state index in [0.717, 1.165) is 71.6 Å². The first-order chi connectivity index (χ1) is 29.5. The zero-order valence-electron chi connectivity index (χ0n) is 35.7. The lowest BCUT2D eigenvalue weighted by molar-refractivity contribution is -0.00426. The average molecular weight is 806 g/mol. The zero-order valence-corrected chi connectivity index (χ0v) is 35.7. The van der Waals surface area contributed by atoms with Gasteiger partial charge in [0.15, 0.2) is 19.3 Å². The second kappa shape index (κ2) is 14.8. The van der Waals surface area contributed by atoms with E-state index in [1.54, 1.807) is 23.5 Å². The number of aromatic nitrogens is 2. The van der Waals surface area contributed by atoms with Gasteiger partial charge in [0.2, 0.25) is 11.5 Å². The fourth-order valence-electron chi connectivity index (χ4n) is 8.98. The number of para-hydroxylation sites is 2. The van der Waals surface area contributed by atoms with Crippen LogP contribution in [0.4, 0.5) is 0 Å². The van der Waals surface area contributed by atoms with E-state index in [4.69, 9.17) is 4.98 Å². The van der Waals surface area contributed by atoms with Gasteiger partial charge in [-0.05, 0) is 74.5 Å². The normalized spacial score (nSPS) is 12.9. The van der Waals surface area contributed by atoms with Crippen molar-refractivity contribution in [3.63, 3.8) is 0 Å². The molecule has 0 aliphatic carbocycles. The van der Waals surface area contributed by atoms with Gasteiger partial charge in [-0.3, -0.25) is 4.57 Å². The third-order valence-electron chi connectivity index (χ3n) is 13.1. The van der Waals surface area contributed by atoms with Gasteiger partial charge < -0.3 is 30.6 Å². The smallest absolute Gasteiger partial charge is 0.204 e. The number of aromatic hydroxyl groups is 4. The van der Waals surface area contributed by atoms with Crippen molar-refractivity contribution >= 4 is 109 Å². The summed E-state index contributed by atoms with van der Waals surface area (Å²) in [6.45, 7) is 0. The summed E-state index contributed by atoms with van der Waals surface area (Å²) in [6.07, 6.45) is 0. The molecule has 9 rings (SSSR count). The van der Waals surface area contributed by atoms with Gasteiger partial charge in [0.25, 0.3) is 0 Å². The first-order valence-corrected chi connectivity index (χ1v) is 20.7. The molecule has 0 fully saturated rings. The van der Waals surface area contributed by atoms with Crippen molar-refractivity contribution in [1.82, 2.24) is 9.55 Å². The van der Waals surface area contributed by atoms with Crippen LogP contribution in [0.2, 0.25) is 0 Å². The maximum atomic E-state index is 12.0. The zero-order chi connectivity index (χ0) is 44.0. The van der Waals surface area contributed by atoms with E-state index in [0.29, 0.717) is 28.0 Å². The van der Waals surface area contributed by atoms with Crippen LogP contribution in [0.1, 0.15) is 5.82 Å². The Morgan fingerprint density at radius 3 is 1.50 bits per heavy atom. The van der Waals surface area contributed by atoms with Gasteiger partial charge in [-0.15, -0.1) is 10.9 Å². The minimum absolute atomic E-state index is 0.201. The molecule has 6 N–H and O–H groups in total. The van der Waals surface area contributed by atoms with E-state index < -0.39 is 33.9 Å². The summed E-state index contributed by atoms with van der Waals surface area (Å²) in [5, 5.41) is 69.9. The van der Waals surface area contributed by atoms with Crippen molar-refractivity contribution in [3.8, 4) is 73.2 Å². The van der Waals surface area contributed by atoms with Gasteiger partial charge >= 0.3 is 0 Å².